The number of benzene rings is 3. The first-order chi connectivity index (χ1) is 12.3. The van der Waals surface area contributed by atoms with Gasteiger partial charge < -0.3 is 0 Å². The molecule has 0 spiro atoms. The molecule has 3 aromatic carbocycles. The highest BCUT2D eigenvalue weighted by Gasteiger charge is 2.19. The first-order valence-corrected chi connectivity index (χ1v) is 9.04. The van der Waals surface area contributed by atoms with Gasteiger partial charge in [-0.1, -0.05) is 61.9 Å². The Hall–Kier alpha value is -2.85. The van der Waals surface area contributed by atoms with Crippen LogP contribution in [0.1, 0.15) is 42.0 Å². The summed E-state index contributed by atoms with van der Waals surface area (Å²) in [6.07, 6.45) is 4.70. The van der Waals surface area contributed by atoms with E-state index in [-0.39, 0.29) is 0 Å². The van der Waals surface area contributed by atoms with E-state index in [0.29, 0.717) is 5.56 Å². The lowest BCUT2D eigenvalue weighted by atomic mass is 9.98. The molecular formula is C24H21N. The van der Waals surface area contributed by atoms with Gasteiger partial charge in [-0.3, -0.25) is 0 Å². The van der Waals surface area contributed by atoms with E-state index in [9.17, 15) is 0 Å². The summed E-state index contributed by atoms with van der Waals surface area (Å²) < 4.78 is 0. The fourth-order valence-corrected chi connectivity index (χ4v) is 3.72. The Balaban J connectivity index is 1.65. The average Bonchev–Trinajstić information content (AvgIpc) is 3.03. The minimum absolute atomic E-state index is 0.705. The van der Waals surface area contributed by atoms with E-state index in [1.807, 2.05) is 24.3 Å². The highest BCUT2D eigenvalue weighted by Crippen LogP contribution is 2.39. The molecule has 0 radical (unpaired) electrons. The maximum absolute atomic E-state index is 8.95. The third kappa shape index (κ3) is 2.96. The molecule has 0 aliphatic heterocycles. The van der Waals surface area contributed by atoms with Crippen LogP contribution < -0.4 is 0 Å². The zero-order valence-corrected chi connectivity index (χ0v) is 14.5. The number of nitriles is 1. The molecule has 4 rings (SSSR count). The van der Waals surface area contributed by atoms with Gasteiger partial charge in [-0.15, -0.1) is 0 Å². The predicted octanol–water partition coefficient (Wildman–Crippen LogP) is 6.14. The maximum atomic E-state index is 8.95. The van der Waals surface area contributed by atoms with Crippen molar-refractivity contribution in [3.8, 4) is 28.3 Å². The molecule has 0 fully saturated rings. The van der Waals surface area contributed by atoms with Crippen LogP contribution in [0.2, 0.25) is 0 Å². The third-order valence-electron chi connectivity index (χ3n) is 5.11. The second kappa shape index (κ2) is 6.57. The summed E-state index contributed by atoms with van der Waals surface area (Å²) in [4.78, 5) is 0. The minimum atomic E-state index is 0.705. The second-order valence-electron chi connectivity index (χ2n) is 6.83. The highest BCUT2D eigenvalue weighted by molar-refractivity contribution is 5.80. The number of rotatable bonds is 4. The smallest absolute Gasteiger partial charge is 0.0991 e. The van der Waals surface area contributed by atoms with Crippen LogP contribution >= 0.6 is 0 Å². The van der Waals surface area contributed by atoms with E-state index < -0.39 is 0 Å². The average molecular weight is 323 g/mol. The first-order valence-electron chi connectivity index (χ1n) is 9.04. The lowest BCUT2D eigenvalue weighted by molar-refractivity contribution is 0.794. The Morgan fingerprint density at radius 1 is 0.840 bits per heavy atom. The van der Waals surface area contributed by atoms with Crippen molar-refractivity contribution in [1.82, 2.24) is 0 Å². The zero-order valence-electron chi connectivity index (χ0n) is 14.5. The van der Waals surface area contributed by atoms with Gasteiger partial charge in [-0.25, -0.2) is 0 Å². The van der Waals surface area contributed by atoms with Gasteiger partial charge in [0.1, 0.15) is 0 Å². The second-order valence-corrected chi connectivity index (χ2v) is 6.83. The third-order valence-corrected chi connectivity index (χ3v) is 5.11. The molecule has 3 aromatic rings. The standard InChI is InChI=1S/C24H21N/c1-2-3-4-17-7-11-23-21(13-17)15-22-14-20(10-12-24(22)23)19-8-5-18(16-25)6-9-19/h5-14H,2-4,15H2,1H3. The van der Waals surface area contributed by atoms with Gasteiger partial charge in [-0.05, 0) is 70.3 Å². The molecule has 1 aliphatic rings. The minimum Gasteiger partial charge on any atom is -0.192 e. The summed E-state index contributed by atoms with van der Waals surface area (Å²) >= 11 is 0. The molecular weight excluding hydrogens is 302 g/mol. The van der Waals surface area contributed by atoms with Crippen molar-refractivity contribution in [2.75, 3.05) is 0 Å². The number of hydrogen-bond acceptors (Lipinski definition) is 1. The van der Waals surface area contributed by atoms with Gasteiger partial charge in [0.15, 0.2) is 0 Å². The van der Waals surface area contributed by atoms with Crippen LogP contribution in [0.5, 0.6) is 0 Å². The number of hydrogen-bond donors (Lipinski definition) is 0. The van der Waals surface area contributed by atoms with Crippen LogP contribution in [0.4, 0.5) is 0 Å². The first kappa shape index (κ1) is 15.7. The molecule has 0 amide bonds. The van der Waals surface area contributed by atoms with Crippen molar-refractivity contribution in [1.29, 1.82) is 5.26 Å². The fraction of sp³-hybridized carbons (Fsp3) is 0.208. The summed E-state index contributed by atoms with van der Waals surface area (Å²) in [6.45, 7) is 2.24. The number of nitrogens with zero attached hydrogens (tertiary/aromatic N) is 1. The van der Waals surface area contributed by atoms with Crippen LogP contribution in [0.15, 0.2) is 60.7 Å². The summed E-state index contributed by atoms with van der Waals surface area (Å²) in [5.41, 5.74) is 10.2. The van der Waals surface area contributed by atoms with Crippen molar-refractivity contribution in [2.45, 2.75) is 32.6 Å². The summed E-state index contributed by atoms with van der Waals surface area (Å²) in [5.74, 6) is 0. The fourth-order valence-electron chi connectivity index (χ4n) is 3.72. The monoisotopic (exact) mass is 323 g/mol. The molecule has 25 heavy (non-hydrogen) atoms. The Kier molecular flexibility index (Phi) is 4.12. The lowest BCUT2D eigenvalue weighted by Gasteiger charge is -2.06. The van der Waals surface area contributed by atoms with Crippen LogP contribution in [-0.4, -0.2) is 0 Å². The molecule has 0 aromatic heterocycles. The van der Waals surface area contributed by atoms with E-state index >= 15 is 0 Å². The summed E-state index contributed by atoms with van der Waals surface area (Å²) in [7, 11) is 0. The molecule has 0 bridgehead atoms. The van der Waals surface area contributed by atoms with Gasteiger partial charge in [0.05, 0.1) is 11.6 Å². The molecule has 0 atom stereocenters. The topological polar surface area (TPSA) is 23.8 Å². The Labute approximate surface area is 149 Å². The van der Waals surface area contributed by atoms with Crippen LogP contribution in [0.25, 0.3) is 22.3 Å². The molecule has 0 heterocycles. The molecule has 0 saturated heterocycles. The van der Waals surface area contributed by atoms with Crippen molar-refractivity contribution in [3.05, 3.63) is 82.9 Å². The van der Waals surface area contributed by atoms with Gasteiger partial charge in [0.2, 0.25) is 0 Å². The van der Waals surface area contributed by atoms with E-state index in [0.717, 1.165) is 6.42 Å². The van der Waals surface area contributed by atoms with E-state index in [1.54, 1.807) is 0 Å². The molecule has 1 nitrogen and oxygen atoms in total. The Morgan fingerprint density at radius 2 is 1.52 bits per heavy atom. The van der Waals surface area contributed by atoms with Crippen LogP contribution in [0, 0.1) is 11.3 Å². The largest absolute Gasteiger partial charge is 0.192 e. The van der Waals surface area contributed by atoms with Crippen molar-refractivity contribution < 1.29 is 0 Å². The molecule has 122 valence electrons. The predicted molar refractivity (Wildman–Crippen MR) is 103 cm³/mol. The molecule has 0 N–H and O–H groups in total. The Morgan fingerprint density at radius 3 is 2.24 bits per heavy atom. The van der Waals surface area contributed by atoms with Crippen molar-refractivity contribution in [2.24, 2.45) is 0 Å². The molecule has 0 saturated carbocycles. The van der Waals surface area contributed by atoms with Gasteiger partial charge in [0.25, 0.3) is 0 Å². The summed E-state index contributed by atoms with van der Waals surface area (Å²) in [5, 5.41) is 8.95. The number of unbranched alkanes of at least 4 members (excludes halogenated alkanes) is 1. The number of aryl methyl sites for hydroxylation is 1. The number of fused-ring (bicyclic) bond motifs is 3. The van der Waals surface area contributed by atoms with Crippen molar-refractivity contribution in [3.63, 3.8) is 0 Å². The lowest BCUT2D eigenvalue weighted by Crippen LogP contribution is -1.88. The maximum Gasteiger partial charge on any atom is 0.0991 e. The normalized spacial score (nSPS) is 11.7. The van der Waals surface area contributed by atoms with E-state index in [2.05, 4.69) is 49.4 Å². The molecule has 0 unspecified atom stereocenters. The quantitative estimate of drug-likeness (QED) is 0.442. The molecule has 1 aliphatic carbocycles. The van der Waals surface area contributed by atoms with Gasteiger partial charge >= 0.3 is 0 Å². The van der Waals surface area contributed by atoms with Crippen molar-refractivity contribution >= 4 is 0 Å². The Bertz CT molecular complexity index is 958. The van der Waals surface area contributed by atoms with Gasteiger partial charge in [0, 0.05) is 0 Å². The van der Waals surface area contributed by atoms with E-state index in [4.69, 9.17) is 5.26 Å². The van der Waals surface area contributed by atoms with E-state index in [1.165, 1.54) is 58.2 Å². The highest BCUT2D eigenvalue weighted by atomic mass is 14.2. The van der Waals surface area contributed by atoms with Crippen LogP contribution in [-0.2, 0) is 12.8 Å². The van der Waals surface area contributed by atoms with Gasteiger partial charge in [-0.2, -0.15) is 5.26 Å². The SMILES string of the molecule is CCCCc1ccc2c(c1)Cc1cc(-c3ccc(C#N)cc3)ccc1-2. The zero-order chi connectivity index (χ0) is 17.2. The van der Waals surface area contributed by atoms with Crippen LogP contribution in [0.3, 0.4) is 0 Å². The molecule has 1 heteroatoms. The summed E-state index contributed by atoms with van der Waals surface area (Å²) in [6, 6.07) is 23.8.